The zero-order valence-electron chi connectivity index (χ0n) is 14.1. The number of methoxy groups -OCH3 is 3. The largest absolute Gasteiger partial charge is 0.496 e. The van der Waals surface area contributed by atoms with Gasteiger partial charge in [-0.2, -0.15) is 0 Å². The van der Waals surface area contributed by atoms with Crippen molar-refractivity contribution in [2.75, 3.05) is 47.6 Å². The molecule has 6 nitrogen and oxygen atoms in total. The molecule has 0 unspecified atom stereocenters. The van der Waals surface area contributed by atoms with Gasteiger partial charge in [-0.1, -0.05) is 6.42 Å². The lowest BCUT2D eigenvalue weighted by Crippen LogP contribution is -2.33. The third-order valence-electron chi connectivity index (χ3n) is 3.99. The number of nitrogens with zero attached hydrogens (tertiary/aromatic N) is 1. The van der Waals surface area contributed by atoms with Crippen LogP contribution in [-0.2, 0) is 4.74 Å². The summed E-state index contributed by atoms with van der Waals surface area (Å²) in [5.74, 6) is 0.871. The first-order valence-electron chi connectivity index (χ1n) is 7.89. The Balaban J connectivity index is 2.05. The Labute approximate surface area is 137 Å². The fourth-order valence-electron chi connectivity index (χ4n) is 2.75. The molecule has 2 rings (SSSR count). The molecule has 0 bridgehead atoms. The van der Waals surface area contributed by atoms with Crippen molar-refractivity contribution in [1.29, 1.82) is 0 Å². The summed E-state index contributed by atoms with van der Waals surface area (Å²) < 4.78 is 21.1. The molecule has 23 heavy (non-hydrogen) atoms. The number of carbonyl (C=O) groups is 1. The minimum Gasteiger partial charge on any atom is -0.496 e. The quantitative estimate of drug-likeness (QED) is 0.718. The number of carbonyl (C=O) groups excluding carboxylic acids is 1. The molecule has 1 aliphatic rings. The van der Waals surface area contributed by atoms with Crippen molar-refractivity contribution in [2.24, 2.45) is 0 Å². The van der Waals surface area contributed by atoms with Gasteiger partial charge in [-0.15, -0.1) is 0 Å². The maximum atomic E-state index is 11.9. The highest BCUT2D eigenvalue weighted by molar-refractivity contribution is 5.96. The van der Waals surface area contributed by atoms with Crippen LogP contribution in [0.25, 0.3) is 0 Å². The summed E-state index contributed by atoms with van der Waals surface area (Å²) in [5, 5.41) is 0. The van der Waals surface area contributed by atoms with Crippen LogP contribution in [-0.4, -0.2) is 58.4 Å². The summed E-state index contributed by atoms with van der Waals surface area (Å²) in [6.07, 6.45) is 3.84. The second-order valence-electron chi connectivity index (χ2n) is 5.45. The van der Waals surface area contributed by atoms with Crippen LogP contribution >= 0.6 is 0 Å². The standard InChI is InChI=1S/C17H25NO5/c1-20-14-11-13(12-15(21-2)16(14)17(19)22-3)23-10-9-18-7-5-4-6-8-18/h11-12H,4-10H2,1-3H3. The first-order chi connectivity index (χ1) is 11.2. The zero-order valence-corrected chi connectivity index (χ0v) is 14.1. The molecule has 1 aliphatic heterocycles. The Morgan fingerprint density at radius 3 is 2.17 bits per heavy atom. The van der Waals surface area contributed by atoms with Gasteiger partial charge in [0.2, 0.25) is 0 Å². The number of ether oxygens (including phenoxy) is 4. The number of hydrogen-bond acceptors (Lipinski definition) is 6. The molecule has 6 heteroatoms. The third kappa shape index (κ3) is 4.51. The Kier molecular flexibility index (Phi) is 6.52. The topological polar surface area (TPSA) is 57.2 Å². The first-order valence-corrected chi connectivity index (χ1v) is 7.89. The van der Waals surface area contributed by atoms with E-state index < -0.39 is 5.97 Å². The van der Waals surface area contributed by atoms with Gasteiger partial charge >= 0.3 is 5.97 Å². The SMILES string of the molecule is COC(=O)c1c(OC)cc(OCCN2CCCCC2)cc1OC. The molecule has 0 radical (unpaired) electrons. The van der Waals surface area contributed by atoms with Gasteiger partial charge in [0.25, 0.3) is 0 Å². The Hall–Kier alpha value is -1.95. The van der Waals surface area contributed by atoms with Crippen molar-refractivity contribution in [3.05, 3.63) is 17.7 Å². The minimum atomic E-state index is -0.501. The monoisotopic (exact) mass is 323 g/mol. The van der Waals surface area contributed by atoms with Gasteiger partial charge in [0.1, 0.15) is 29.4 Å². The number of likely N-dealkylation sites (tertiary alicyclic amines) is 1. The van der Waals surface area contributed by atoms with Crippen molar-refractivity contribution < 1.29 is 23.7 Å². The zero-order chi connectivity index (χ0) is 16.7. The predicted molar refractivity (Wildman–Crippen MR) is 86.7 cm³/mol. The number of rotatable bonds is 7. The number of hydrogen-bond donors (Lipinski definition) is 0. The van der Waals surface area contributed by atoms with Gasteiger partial charge in [0, 0.05) is 18.7 Å². The highest BCUT2D eigenvalue weighted by atomic mass is 16.5. The first kappa shape index (κ1) is 17.4. The van der Waals surface area contributed by atoms with Gasteiger partial charge in [0.15, 0.2) is 0 Å². The molecule has 0 atom stereocenters. The van der Waals surface area contributed by atoms with E-state index in [9.17, 15) is 4.79 Å². The average molecular weight is 323 g/mol. The molecule has 0 saturated carbocycles. The fraction of sp³-hybridized carbons (Fsp3) is 0.588. The summed E-state index contributed by atoms with van der Waals surface area (Å²) in [4.78, 5) is 14.3. The normalized spacial score (nSPS) is 15.1. The number of esters is 1. The number of piperidine rings is 1. The van der Waals surface area contributed by atoms with E-state index in [-0.39, 0.29) is 5.56 Å². The van der Waals surface area contributed by atoms with Crippen LogP contribution in [0.1, 0.15) is 29.6 Å². The molecule has 1 aromatic carbocycles. The van der Waals surface area contributed by atoms with E-state index in [2.05, 4.69) is 4.90 Å². The van der Waals surface area contributed by atoms with Crippen molar-refractivity contribution in [3.8, 4) is 17.2 Å². The lowest BCUT2D eigenvalue weighted by Gasteiger charge is -2.26. The molecule has 0 aromatic heterocycles. The third-order valence-corrected chi connectivity index (χ3v) is 3.99. The van der Waals surface area contributed by atoms with E-state index in [0.29, 0.717) is 23.9 Å². The summed E-state index contributed by atoms with van der Waals surface area (Å²) in [6.45, 7) is 3.75. The van der Waals surface area contributed by atoms with Gasteiger partial charge in [-0.3, -0.25) is 4.90 Å². The minimum absolute atomic E-state index is 0.265. The maximum absolute atomic E-state index is 11.9. The molecule has 0 amide bonds. The molecule has 1 saturated heterocycles. The Morgan fingerprint density at radius 1 is 1.04 bits per heavy atom. The lowest BCUT2D eigenvalue weighted by atomic mass is 10.1. The van der Waals surface area contributed by atoms with Crippen LogP contribution in [0.15, 0.2) is 12.1 Å². The van der Waals surface area contributed by atoms with Gasteiger partial charge < -0.3 is 18.9 Å². The van der Waals surface area contributed by atoms with Crippen LogP contribution in [0.4, 0.5) is 0 Å². The van der Waals surface area contributed by atoms with E-state index in [1.54, 1.807) is 12.1 Å². The van der Waals surface area contributed by atoms with E-state index in [4.69, 9.17) is 18.9 Å². The van der Waals surface area contributed by atoms with Crippen molar-refractivity contribution >= 4 is 5.97 Å². The molecule has 0 spiro atoms. The highest BCUT2D eigenvalue weighted by Crippen LogP contribution is 2.34. The molecular formula is C17H25NO5. The van der Waals surface area contributed by atoms with Crippen LogP contribution < -0.4 is 14.2 Å². The molecular weight excluding hydrogens is 298 g/mol. The van der Waals surface area contributed by atoms with Gasteiger partial charge in [-0.25, -0.2) is 4.79 Å². The van der Waals surface area contributed by atoms with Crippen LogP contribution in [0, 0.1) is 0 Å². The molecule has 1 fully saturated rings. The molecule has 1 heterocycles. The highest BCUT2D eigenvalue weighted by Gasteiger charge is 2.21. The van der Waals surface area contributed by atoms with Crippen LogP contribution in [0.3, 0.4) is 0 Å². The lowest BCUT2D eigenvalue weighted by molar-refractivity contribution is 0.0593. The molecule has 0 N–H and O–H groups in total. The summed E-state index contributed by atoms with van der Waals surface area (Å²) >= 11 is 0. The van der Waals surface area contributed by atoms with Crippen LogP contribution in [0.5, 0.6) is 17.2 Å². The summed E-state index contributed by atoms with van der Waals surface area (Å²) in [7, 11) is 4.32. The Bertz CT molecular complexity index is 501. The summed E-state index contributed by atoms with van der Waals surface area (Å²) in [5.41, 5.74) is 0.265. The van der Waals surface area contributed by atoms with Crippen molar-refractivity contribution in [1.82, 2.24) is 4.90 Å². The maximum Gasteiger partial charge on any atom is 0.345 e. The fourth-order valence-corrected chi connectivity index (χ4v) is 2.75. The smallest absolute Gasteiger partial charge is 0.345 e. The molecule has 128 valence electrons. The second-order valence-corrected chi connectivity index (χ2v) is 5.45. The van der Waals surface area contributed by atoms with Crippen molar-refractivity contribution in [2.45, 2.75) is 19.3 Å². The molecule has 0 aliphatic carbocycles. The predicted octanol–water partition coefficient (Wildman–Crippen LogP) is 2.36. The number of benzene rings is 1. The average Bonchev–Trinajstić information content (AvgIpc) is 2.61. The Morgan fingerprint density at radius 2 is 1.65 bits per heavy atom. The van der Waals surface area contributed by atoms with Gasteiger partial charge in [-0.05, 0) is 25.9 Å². The summed E-state index contributed by atoms with van der Waals surface area (Å²) in [6, 6.07) is 3.37. The van der Waals surface area contributed by atoms with Crippen molar-refractivity contribution in [3.63, 3.8) is 0 Å². The van der Waals surface area contributed by atoms with Gasteiger partial charge in [0.05, 0.1) is 21.3 Å². The molecule has 1 aromatic rings. The second kappa shape index (κ2) is 8.62. The van der Waals surface area contributed by atoms with E-state index in [1.165, 1.54) is 40.6 Å². The van der Waals surface area contributed by atoms with E-state index >= 15 is 0 Å². The van der Waals surface area contributed by atoms with Crippen LogP contribution in [0.2, 0.25) is 0 Å². The van der Waals surface area contributed by atoms with E-state index in [0.717, 1.165) is 19.6 Å². The van der Waals surface area contributed by atoms with E-state index in [1.807, 2.05) is 0 Å².